The summed E-state index contributed by atoms with van der Waals surface area (Å²) in [6, 6.07) is 11.6. The number of amides is 2. The predicted octanol–water partition coefficient (Wildman–Crippen LogP) is 4.01. The van der Waals surface area contributed by atoms with Crippen LogP contribution in [0.25, 0.3) is 0 Å². The van der Waals surface area contributed by atoms with Crippen molar-refractivity contribution in [1.29, 1.82) is 0 Å². The maximum atomic E-state index is 12.6. The second-order valence-corrected chi connectivity index (χ2v) is 6.31. The van der Waals surface area contributed by atoms with Gasteiger partial charge in [-0.05, 0) is 43.3 Å². The second kappa shape index (κ2) is 6.82. The molecule has 1 atom stereocenters. The first-order chi connectivity index (χ1) is 12.2. The number of carbonyl (C=O) groups excluding carboxylic acids is 2. The largest absolute Gasteiger partial charge is 0.416 e. The minimum absolute atomic E-state index is 0.0698. The SMILES string of the molecule is Cc1ccc(N2C[C@H](C(=O)Nc3ccc(C(F)(F)F)cc3)CC2=O)cc1. The lowest BCUT2D eigenvalue weighted by Gasteiger charge is -2.17. The van der Waals surface area contributed by atoms with Crippen LogP contribution in [0.5, 0.6) is 0 Å². The van der Waals surface area contributed by atoms with Gasteiger partial charge in [-0.3, -0.25) is 9.59 Å². The van der Waals surface area contributed by atoms with Gasteiger partial charge in [0.1, 0.15) is 0 Å². The summed E-state index contributed by atoms with van der Waals surface area (Å²) in [5, 5.41) is 2.58. The van der Waals surface area contributed by atoms with Gasteiger partial charge in [0, 0.05) is 24.3 Å². The Morgan fingerprint density at radius 2 is 1.69 bits per heavy atom. The third-order valence-electron chi connectivity index (χ3n) is 4.32. The number of aryl methyl sites for hydroxylation is 1. The van der Waals surface area contributed by atoms with E-state index in [1.165, 1.54) is 12.1 Å². The van der Waals surface area contributed by atoms with Crippen LogP contribution in [-0.2, 0) is 15.8 Å². The first-order valence-corrected chi connectivity index (χ1v) is 8.09. The Morgan fingerprint density at radius 3 is 2.27 bits per heavy atom. The maximum absolute atomic E-state index is 12.6. The van der Waals surface area contributed by atoms with Gasteiger partial charge in [-0.1, -0.05) is 17.7 Å². The van der Waals surface area contributed by atoms with Crippen LogP contribution in [0.15, 0.2) is 48.5 Å². The highest BCUT2D eigenvalue weighted by atomic mass is 19.4. The van der Waals surface area contributed by atoms with Crippen LogP contribution in [0.3, 0.4) is 0 Å². The molecule has 0 radical (unpaired) electrons. The van der Waals surface area contributed by atoms with Crippen molar-refractivity contribution in [1.82, 2.24) is 0 Å². The highest BCUT2D eigenvalue weighted by Crippen LogP contribution is 2.30. The number of anilines is 2. The molecule has 0 unspecified atom stereocenters. The highest BCUT2D eigenvalue weighted by Gasteiger charge is 2.35. The van der Waals surface area contributed by atoms with E-state index in [1.807, 2.05) is 31.2 Å². The molecule has 2 amide bonds. The van der Waals surface area contributed by atoms with Crippen LogP contribution in [0.4, 0.5) is 24.5 Å². The van der Waals surface area contributed by atoms with Crippen LogP contribution in [0.2, 0.25) is 0 Å². The van der Waals surface area contributed by atoms with E-state index in [-0.39, 0.29) is 30.5 Å². The Bertz CT molecular complexity index is 814. The van der Waals surface area contributed by atoms with Crippen molar-refractivity contribution in [3.05, 3.63) is 59.7 Å². The Balaban J connectivity index is 1.65. The molecule has 2 aromatic rings. The lowest BCUT2D eigenvalue weighted by atomic mass is 10.1. The number of alkyl halides is 3. The number of nitrogens with zero attached hydrogens (tertiary/aromatic N) is 1. The number of halogens is 3. The fourth-order valence-electron chi connectivity index (χ4n) is 2.84. The Morgan fingerprint density at radius 1 is 1.08 bits per heavy atom. The molecule has 3 rings (SSSR count). The van der Waals surface area contributed by atoms with E-state index < -0.39 is 17.7 Å². The Labute approximate surface area is 148 Å². The molecule has 2 aromatic carbocycles. The summed E-state index contributed by atoms with van der Waals surface area (Å²) in [6.45, 7) is 2.18. The summed E-state index contributed by atoms with van der Waals surface area (Å²) in [7, 11) is 0. The van der Waals surface area contributed by atoms with Crippen LogP contribution in [0.1, 0.15) is 17.5 Å². The van der Waals surface area contributed by atoms with Crippen molar-refractivity contribution >= 4 is 23.2 Å². The highest BCUT2D eigenvalue weighted by molar-refractivity contribution is 6.03. The van der Waals surface area contributed by atoms with E-state index in [9.17, 15) is 22.8 Å². The molecule has 1 saturated heterocycles. The summed E-state index contributed by atoms with van der Waals surface area (Å²) < 4.78 is 37.7. The van der Waals surface area contributed by atoms with E-state index in [0.717, 1.165) is 23.4 Å². The van der Waals surface area contributed by atoms with E-state index >= 15 is 0 Å². The number of carbonyl (C=O) groups is 2. The van der Waals surface area contributed by atoms with Gasteiger partial charge in [0.05, 0.1) is 11.5 Å². The minimum atomic E-state index is -4.42. The number of nitrogens with one attached hydrogen (secondary N) is 1. The van der Waals surface area contributed by atoms with Gasteiger partial charge in [0.25, 0.3) is 0 Å². The quantitative estimate of drug-likeness (QED) is 0.897. The van der Waals surface area contributed by atoms with Gasteiger partial charge < -0.3 is 10.2 Å². The molecule has 0 aliphatic carbocycles. The van der Waals surface area contributed by atoms with E-state index in [4.69, 9.17) is 0 Å². The zero-order valence-corrected chi connectivity index (χ0v) is 14.0. The van der Waals surface area contributed by atoms with Crippen LogP contribution < -0.4 is 10.2 Å². The third kappa shape index (κ3) is 3.87. The molecule has 1 aliphatic heterocycles. The molecule has 7 heteroatoms. The third-order valence-corrected chi connectivity index (χ3v) is 4.32. The average Bonchev–Trinajstić information content (AvgIpc) is 2.97. The van der Waals surface area contributed by atoms with Crippen LogP contribution in [0, 0.1) is 12.8 Å². The van der Waals surface area contributed by atoms with E-state index in [2.05, 4.69) is 5.32 Å². The van der Waals surface area contributed by atoms with Gasteiger partial charge in [-0.25, -0.2) is 0 Å². The summed E-state index contributed by atoms with van der Waals surface area (Å²) in [5.74, 6) is -1.08. The van der Waals surface area contributed by atoms with Crippen molar-refractivity contribution in [3.63, 3.8) is 0 Å². The van der Waals surface area contributed by atoms with Crippen molar-refractivity contribution in [2.45, 2.75) is 19.5 Å². The number of hydrogen-bond acceptors (Lipinski definition) is 2. The van der Waals surface area contributed by atoms with Crippen molar-refractivity contribution in [3.8, 4) is 0 Å². The van der Waals surface area contributed by atoms with Gasteiger partial charge in [0.2, 0.25) is 11.8 Å². The monoisotopic (exact) mass is 362 g/mol. The number of hydrogen-bond donors (Lipinski definition) is 1. The van der Waals surface area contributed by atoms with Gasteiger partial charge in [-0.15, -0.1) is 0 Å². The van der Waals surface area contributed by atoms with Crippen molar-refractivity contribution in [2.24, 2.45) is 5.92 Å². The molecule has 0 bridgehead atoms. The predicted molar refractivity (Wildman–Crippen MR) is 91.7 cm³/mol. The number of rotatable bonds is 3. The fourth-order valence-corrected chi connectivity index (χ4v) is 2.84. The minimum Gasteiger partial charge on any atom is -0.326 e. The average molecular weight is 362 g/mol. The number of benzene rings is 2. The molecule has 0 aromatic heterocycles. The summed E-state index contributed by atoms with van der Waals surface area (Å²) in [5.41, 5.74) is 1.28. The normalized spacial score (nSPS) is 17.5. The van der Waals surface area contributed by atoms with E-state index in [1.54, 1.807) is 4.90 Å². The first kappa shape index (κ1) is 18.0. The standard InChI is InChI=1S/C19H17F3N2O2/c1-12-2-8-16(9-3-12)24-11-13(10-17(24)25)18(26)23-15-6-4-14(5-7-15)19(20,21)22/h2-9,13H,10-11H2,1H3,(H,23,26)/t13-/m1/s1. The van der Waals surface area contributed by atoms with Gasteiger partial charge in [-0.2, -0.15) is 13.2 Å². The molecule has 0 saturated carbocycles. The van der Waals surface area contributed by atoms with Gasteiger partial charge >= 0.3 is 6.18 Å². The van der Waals surface area contributed by atoms with Crippen molar-refractivity contribution < 1.29 is 22.8 Å². The molecule has 1 aliphatic rings. The topological polar surface area (TPSA) is 49.4 Å². The van der Waals surface area contributed by atoms with Crippen LogP contribution >= 0.6 is 0 Å². The molecular formula is C19H17F3N2O2. The summed E-state index contributed by atoms with van der Waals surface area (Å²) >= 11 is 0. The maximum Gasteiger partial charge on any atom is 0.416 e. The molecule has 0 spiro atoms. The van der Waals surface area contributed by atoms with Gasteiger partial charge in [0.15, 0.2) is 0 Å². The zero-order valence-electron chi connectivity index (χ0n) is 14.0. The molecule has 136 valence electrons. The van der Waals surface area contributed by atoms with Crippen LogP contribution in [-0.4, -0.2) is 18.4 Å². The Hall–Kier alpha value is -2.83. The fraction of sp³-hybridized carbons (Fsp3) is 0.263. The lowest BCUT2D eigenvalue weighted by molar-refractivity contribution is -0.137. The summed E-state index contributed by atoms with van der Waals surface area (Å²) in [6.07, 6.45) is -4.35. The molecular weight excluding hydrogens is 345 g/mol. The Kier molecular flexibility index (Phi) is 4.71. The second-order valence-electron chi connectivity index (χ2n) is 6.31. The zero-order chi connectivity index (χ0) is 18.9. The van der Waals surface area contributed by atoms with Crippen molar-refractivity contribution in [2.75, 3.05) is 16.8 Å². The lowest BCUT2D eigenvalue weighted by Crippen LogP contribution is -2.28. The molecule has 1 heterocycles. The molecule has 4 nitrogen and oxygen atoms in total. The summed E-state index contributed by atoms with van der Waals surface area (Å²) in [4.78, 5) is 26.1. The molecule has 26 heavy (non-hydrogen) atoms. The molecule has 1 fully saturated rings. The first-order valence-electron chi connectivity index (χ1n) is 8.09. The smallest absolute Gasteiger partial charge is 0.326 e. The molecule has 1 N–H and O–H groups in total. The van der Waals surface area contributed by atoms with E-state index in [0.29, 0.717) is 0 Å².